The van der Waals surface area contributed by atoms with Crippen molar-refractivity contribution in [3.63, 3.8) is 0 Å². The first-order chi connectivity index (χ1) is 10.2. The van der Waals surface area contributed by atoms with E-state index in [-0.39, 0.29) is 5.41 Å². The van der Waals surface area contributed by atoms with Crippen LogP contribution in [0.3, 0.4) is 0 Å². The number of ether oxygens (including phenoxy) is 3. The zero-order valence-corrected chi connectivity index (χ0v) is 13.8. The molecule has 1 aromatic rings. The van der Waals surface area contributed by atoms with Gasteiger partial charge in [-0.2, -0.15) is 0 Å². The molecule has 120 valence electrons. The molecule has 1 rings (SSSR count). The highest BCUT2D eigenvalue weighted by molar-refractivity contribution is 5.51. The van der Waals surface area contributed by atoms with Crippen LogP contribution in [0.25, 0.3) is 0 Å². The lowest BCUT2D eigenvalue weighted by atomic mass is 9.78. The van der Waals surface area contributed by atoms with E-state index in [9.17, 15) is 0 Å². The lowest BCUT2D eigenvalue weighted by Crippen LogP contribution is -2.29. The Morgan fingerprint density at radius 1 is 1.05 bits per heavy atom. The molecule has 4 heteroatoms. The van der Waals surface area contributed by atoms with E-state index >= 15 is 0 Å². The fraction of sp³-hybridized carbons (Fsp3) is 0.647. The quantitative estimate of drug-likeness (QED) is 0.670. The number of rotatable bonds is 10. The molecule has 2 N–H and O–H groups in total. The molecule has 0 saturated carbocycles. The highest BCUT2D eigenvalue weighted by Crippen LogP contribution is 2.37. The third-order valence-corrected chi connectivity index (χ3v) is 4.41. The van der Waals surface area contributed by atoms with Gasteiger partial charge in [-0.05, 0) is 49.8 Å². The van der Waals surface area contributed by atoms with Crippen molar-refractivity contribution < 1.29 is 14.2 Å². The molecule has 0 aliphatic heterocycles. The molecule has 0 amide bonds. The summed E-state index contributed by atoms with van der Waals surface area (Å²) < 4.78 is 16.5. The van der Waals surface area contributed by atoms with Gasteiger partial charge >= 0.3 is 0 Å². The van der Waals surface area contributed by atoms with Crippen LogP contribution in [0, 0.1) is 5.41 Å². The number of methoxy groups -OCH3 is 2. The number of hydrogen-bond donors (Lipinski definition) is 1. The fourth-order valence-electron chi connectivity index (χ4n) is 2.58. The van der Waals surface area contributed by atoms with Crippen LogP contribution in [0.15, 0.2) is 18.2 Å². The Bertz CT molecular complexity index is 386. The van der Waals surface area contributed by atoms with E-state index in [0.717, 1.165) is 32.2 Å². The molecule has 0 unspecified atom stereocenters. The normalized spacial score (nSPS) is 11.3. The van der Waals surface area contributed by atoms with E-state index in [1.807, 2.05) is 18.2 Å². The molecule has 0 spiro atoms. The average Bonchev–Trinajstić information content (AvgIpc) is 2.55. The van der Waals surface area contributed by atoms with Gasteiger partial charge in [0.15, 0.2) is 11.5 Å². The maximum absolute atomic E-state index is 5.93. The first-order valence-corrected chi connectivity index (χ1v) is 7.70. The van der Waals surface area contributed by atoms with Gasteiger partial charge in [-0.3, -0.25) is 0 Å². The maximum Gasteiger partial charge on any atom is 0.203 e. The van der Waals surface area contributed by atoms with Crippen molar-refractivity contribution >= 4 is 0 Å². The van der Waals surface area contributed by atoms with Gasteiger partial charge in [0.05, 0.1) is 20.8 Å². The fourth-order valence-corrected chi connectivity index (χ4v) is 2.58. The van der Waals surface area contributed by atoms with Crippen molar-refractivity contribution in [3.05, 3.63) is 18.2 Å². The predicted molar refractivity (Wildman–Crippen MR) is 86.3 cm³/mol. The van der Waals surface area contributed by atoms with Gasteiger partial charge in [-0.25, -0.2) is 0 Å². The van der Waals surface area contributed by atoms with Crippen LogP contribution < -0.4 is 19.9 Å². The molecule has 1 aromatic carbocycles. The summed E-state index contributed by atoms with van der Waals surface area (Å²) in [5, 5.41) is 0. The molecule has 0 aliphatic carbocycles. The summed E-state index contributed by atoms with van der Waals surface area (Å²) in [4.78, 5) is 0. The molecule has 0 fully saturated rings. The smallest absolute Gasteiger partial charge is 0.203 e. The van der Waals surface area contributed by atoms with Crippen molar-refractivity contribution in [3.8, 4) is 17.2 Å². The molecule has 0 atom stereocenters. The second-order valence-corrected chi connectivity index (χ2v) is 5.35. The molecule has 0 aromatic heterocycles. The maximum atomic E-state index is 5.93. The molecule has 0 aliphatic rings. The highest BCUT2D eigenvalue weighted by Gasteiger charge is 2.23. The summed E-state index contributed by atoms with van der Waals surface area (Å²) in [5.74, 6) is 2.07. The molecule has 0 bridgehead atoms. The van der Waals surface area contributed by atoms with E-state index in [2.05, 4.69) is 13.8 Å². The van der Waals surface area contributed by atoms with Crippen LogP contribution in [0.5, 0.6) is 17.2 Å². The van der Waals surface area contributed by atoms with Crippen LogP contribution in [-0.2, 0) is 0 Å². The minimum Gasteiger partial charge on any atom is -0.493 e. The van der Waals surface area contributed by atoms with Gasteiger partial charge in [0, 0.05) is 0 Å². The highest BCUT2D eigenvalue weighted by atomic mass is 16.5. The van der Waals surface area contributed by atoms with Crippen molar-refractivity contribution in [2.45, 2.75) is 39.5 Å². The van der Waals surface area contributed by atoms with Gasteiger partial charge in [0.1, 0.15) is 0 Å². The number of benzene rings is 1. The number of nitrogens with two attached hydrogens (primary N) is 1. The minimum absolute atomic E-state index is 0.244. The molecular formula is C17H29NO3. The van der Waals surface area contributed by atoms with E-state index in [4.69, 9.17) is 19.9 Å². The summed E-state index contributed by atoms with van der Waals surface area (Å²) in [6.45, 7) is 5.79. The van der Waals surface area contributed by atoms with E-state index < -0.39 is 0 Å². The first-order valence-electron chi connectivity index (χ1n) is 7.70. The van der Waals surface area contributed by atoms with Crippen LogP contribution in [0.4, 0.5) is 0 Å². The second-order valence-electron chi connectivity index (χ2n) is 5.35. The number of hydrogen-bond acceptors (Lipinski definition) is 4. The number of para-hydroxylation sites is 1. The van der Waals surface area contributed by atoms with Gasteiger partial charge < -0.3 is 19.9 Å². The SMILES string of the molecule is CCC(CC)(CN)CCCOc1c(OC)cccc1OC. The van der Waals surface area contributed by atoms with Crippen molar-refractivity contribution in [1.29, 1.82) is 0 Å². The lowest BCUT2D eigenvalue weighted by molar-refractivity contribution is 0.206. The Morgan fingerprint density at radius 2 is 1.62 bits per heavy atom. The molecule has 4 nitrogen and oxygen atoms in total. The van der Waals surface area contributed by atoms with Gasteiger partial charge in [-0.15, -0.1) is 0 Å². The van der Waals surface area contributed by atoms with Crippen molar-refractivity contribution in [2.24, 2.45) is 11.1 Å². The minimum atomic E-state index is 0.244. The topological polar surface area (TPSA) is 53.7 Å². The monoisotopic (exact) mass is 295 g/mol. The predicted octanol–water partition coefficient (Wildman–Crippen LogP) is 3.63. The molecule has 0 saturated heterocycles. The Labute approximate surface area is 128 Å². The van der Waals surface area contributed by atoms with Gasteiger partial charge in [-0.1, -0.05) is 19.9 Å². The summed E-state index contributed by atoms with van der Waals surface area (Å²) in [7, 11) is 3.27. The first kappa shape index (κ1) is 17.6. The summed E-state index contributed by atoms with van der Waals surface area (Å²) in [5.41, 5.74) is 6.18. The Hall–Kier alpha value is -1.42. The third-order valence-electron chi connectivity index (χ3n) is 4.41. The molecular weight excluding hydrogens is 266 g/mol. The zero-order chi connectivity index (χ0) is 15.7. The largest absolute Gasteiger partial charge is 0.493 e. The lowest BCUT2D eigenvalue weighted by Gasteiger charge is -2.30. The van der Waals surface area contributed by atoms with Gasteiger partial charge in [0.25, 0.3) is 0 Å². The zero-order valence-electron chi connectivity index (χ0n) is 13.8. The van der Waals surface area contributed by atoms with E-state index in [1.165, 1.54) is 0 Å². The van der Waals surface area contributed by atoms with Crippen LogP contribution in [0.1, 0.15) is 39.5 Å². The molecule has 0 radical (unpaired) electrons. The second kappa shape index (κ2) is 8.78. The summed E-state index contributed by atoms with van der Waals surface area (Å²) in [6.07, 6.45) is 4.27. The van der Waals surface area contributed by atoms with Crippen molar-refractivity contribution in [2.75, 3.05) is 27.4 Å². The van der Waals surface area contributed by atoms with Crippen LogP contribution >= 0.6 is 0 Å². The summed E-state index contributed by atoms with van der Waals surface area (Å²) in [6, 6.07) is 5.64. The standard InChI is InChI=1S/C17H29NO3/c1-5-17(6-2,13-18)11-8-12-21-16-14(19-3)9-7-10-15(16)20-4/h7,9-10H,5-6,8,11-13,18H2,1-4H3. The molecule has 21 heavy (non-hydrogen) atoms. The van der Waals surface area contributed by atoms with Gasteiger partial charge in [0.2, 0.25) is 5.75 Å². The Kier molecular flexibility index (Phi) is 7.37. The Morgan fingerprint density at radius 3 is 2.05 bits per heavy atom. The molecule has 0 heterocycles. The van der Waals surface area contributed by atoms with Crippen molar-refractivity contribution in [1.82, 2.24) is 0 Å². The van der Waals surface area contributed by atoms with Crippen LogP contribution in [0.2, 0.25) is 0 Å². The Balaban J connectivity index is 2.60. The third kappa shape index (κ3) is 4.53. The van der Waals surface area contributed by atoms with Crippen LogP contribution in [-0.4, -0.2) is 27.4 Å². The summed E-state index contributed by atoms with van der Waals surface area (Å²) >= 11 is 0. The average molecular weight is 295 g/mol. The van der Waals surface area contributed by atoms with E-state index in [0.29, 0.717) is 23.9 Å². The van der Waals surface area contributed by atoms with E-state index in [1.54, 1.807) is 14.2 Å².